The Morgan fingerprint density at radius 2 is 1.92 bits per heavy atom. The number of amides is 2. The first-order valence-electron chi connectivity index (χ1n) is 8.25. The van der Waals surface area contributed by atoms with Crippen LogP contribution in [0.2, 0.25) is 5.02 Å². The van der Waals surface area contributed by atoms with Crippen molar-refractivity contribution in [1.29, 1.82) is 0 Å². The number of halogens is 1. The van der Waals surface area contributed by atoms with Crippen molar-refractivity contribution in [3.63, 3.8) is 0 Å². The maximum atomic E-state index is 12.7. The van der Waals surface area contributed by atoms with Gasteiger partial charge in [0.1, 0.15) is 6.04 Å². The molecule has 26 heavy (non-hydrogen) atoms. The molecule has 2 aromatic carbocycles. The fourth-order valence-corrected chi connectivity index (χ4v) is 2.86. The van der Waals surface area contributed by atoms with Gasteiger partial charge in [0.2, 0.25) is 5.91 Å². The third-order valence-corrected chi connectivity index (χ3v) is 4.39. The van der Waals surface area contributed by atoms with Gasteiger partial charge in [0.05, 0.1) is 22.3 Å². The molecule has 0 radical (unpaired) electrons. The first kappa shape index (κ1) is 17.9. The van der Waals surface area contributed by atoms with E-state index in [0.29, 0.717) is 16.3 Å². The summed E-state index contributed by atoms with van der Waals surface area (Å²) in [6.45, 7) is 3.74. The zero-order valence-corrected chi connectivity index (χ0v) is 15.2. The number of hydrogen-bond acceptors (Lipinski definition) is 3. The van der Waals surface area contributed by atoms with Crippen LogP contribution >= 0.6 is 11.6 Å². The molecule has 7 heteroatoms. The van der Waals surface area contributed by atoms with E-state index in [1.54, 1.807) is 36.5 Å². The molecule has 3 N–H and O–H groups in total. The molecule has 1 aromatic heterocycles. The first-order chi connectivity index (χ1) is 12.5. The molecule has 0 saturated heterocycles. The van der Waals surface area contributed by atoms with E-state index in [2.05, 4.69) is 20.8 Å². The van der Waals surface area contributed by atoms with Gasteiger partial charge in [0, 0.05) is 11.1 Å². The van der Waals surface area contributed by atoms with E-state index >= 15 is 0 Å². The maximum absolute atomic E-state index is 12.7. The molecule has 0 bridgehead atoms. The topological polar surface area (TPSA) is 86.9 Å². The van der Waals surface area contributed by atoms with Crippen LogP contribution < -0.4 is 10.6 Å². The number of H-pyrrole nitrogens is 1. The number of aromatic amines is 1. The van der Waals surface area contributed by atoms with Crippen LogP contribution in [0.15, 0.2) is 48.7 Å². The smallest absolute Gasteiger partial charge is 0.253 e. The van der Waals surface area contributed by atoms with Crippen LogP contribution in [-0.2, 0) is 4.79 Å². The second kappa shape index (κ2) is 7.58. The molecular formula is C19H19ClN4O2. The van der Waals surface area contributed by atoms with E-state index in [-0.39, 0.29) is 17.7 Å². The Balaban J connectivity index is 1.75. The predicted molar refractivity (Wildman–Crippen MR) is 102 cm³/mol. The van der Waals surface area contributed by atoms with Crippen LogP contribution in [0.25, 0.3) is 10.9 Å². The van der Waals surface area contributed by atoms with Gasteiger partial charge in [-0.1, -0.05) is 37.6 Å². The molecule has 1 heterocycles. The quantitative estimate of drug-likeness (QED) is 0.641. The number of benzene rings is 2. The fraction of sp³-hybridized carbons (Fsp3) is 0.211. The van der Waals surface area contributed by atoms with Crippen molar-refractivity contribution in [3.05, 3.63) is 59.2 Å². The lowest BCUT2D eigenvalue weighted by Gasteiger charge is -2.22. The Morgan fingerprint density at radius 3 is 2.65 bits per heavy atom. The average molecular weight is 371 g/mol. The summed E-state index contributed by atoms with van der Waals surface area (Å²) < 4.78 is 0. The van der Waals surface area contributed by atoms with E-state index in [0.717, 1.165) is 10.9 Å². The van der Waals surface area contributed by atoms with Gasteiger partial charge < -0.3 is 10.6 Å². The molecule has 0 aliphatic heterocycles. The molecule has 0 saturated carbocycles. The Morgan fingerprint density at radius 1 is 1.15 bits per heavy atom. The summed E-state index contributed by atoms with van der Waals surface area (Å²) >= 11 is 6.07. The number of carbonyl (C=O) groups excluding carboxylic acids is 2. The Kier molecular flexibility index (Phi) is 5.23. The molecule has 0 aliphatic rings. The summed E-state index contributed by atoms with van der Waals surface area (Å²) in [5.41, 5.74) is 1.87. The number of carbonyl (C=O) groups is 2. The monoisotopic (exact) mass is 370 g/mol. The second-order valence-electron chi connectivity index (χ2n) is 6.34. The second-order valence-corrected chi connectivity index (χ2v) is 6.74. The highest BCUT2D eigenvalue weighted by Gasteiger charge is 2.25. The average Bonchev–Trinajstić information content (AvgIpc) is 3.07. The molecule has 2 amide bonds. The molecule has 3 aromatic rings. The van der Waals surface area contributed by atoms with Crippen LogP contribution in [0.5, 0.6) is 0 Å². The SMILES string of the molecule is CC(C)C(NC(=O)c1ccccc1Cl)C(=O)Nc1ccc2[nH]ncc2c1. The van der Waals surface area contributed by atoms with Crippen molar-refractivity contribution in [3.8, 4) is 0 Å². The molecule has 1 unspecified atom stereocenters. The van der Waals surface area contributed by atoms with Crippen molar-refractivity contribution in [2.75, 3.05) is 5.32 Å². The highest BCUT2D eigenvalue weighted by molar-refractivity contribution is 6.33. The van der Waals surface area contributed by atoms with Crippen molar-refractivity contribution in [2.45, 2.75) is 19.9 Å². The van der Waals surface area contributed by atoms with Gasteiger partial charge in [-0.05, 0) is 36.2 Å². The van der Waals surface area contributed by atoms with Gasteiger partial charge in [-0.15, -0.1) is 0 Å². The zero-order chi connectivity index (χ0) is 18.7. The van der Waals surface area contributed by atoms with Gasteiger partial charge >= 0.3 is 0 Å². The third kappa shape index (κ3) is 3.86. The minimum absolute atomic E-state index is 0.0981. The van der Waals surface area contributed by atoms with Crippen molar-refractivity contribution in [1.82, 2.24) is 15.5 Å². The number of fused-ring (bicyclic) bond motifs is 1. The van der Waals surface area contributed by atoms with Crippen molar-refractivity contribution < 1.29 is 9.59 Å². The molecule has 0 spiro atoms. The van der Waals surface area contributed by atoms with Gasteiger partial charge in [0.15, 0.2) is 0 Å². The predicted octanol–water partition coefficient (Wildman–Crippen LogP) is 3.61. The molecular weight excluding hydrogens is 352 g/mol. The number of nitrogens with one attached hydrogen (secondary N) is 3. The van der Waals surface area contributed by atoms with Crippen LogP contribution in [0.3, 0.4) is 0 Å². The van der Waals surface area contributed by atoms with Crippen molar-refractivity contribution >= 4 is 40.0 Å². The number of rotatable bonds is 5. The standard InChI is InChI=1S/C19H19ClN4O2/c1-11(2)17(23-18(25)14-5-3-4-6-15(14)20)19(26)22-13-7-8-16-12(9-13)10-21-24-16/h3-11,17H,1-2H3,(H,21,24)(H,22,26)(H,23,25). The van der Waals surface area contributed by atoms with Crippen LogP contribution in [0.4, 0.5) is 5.69 Å². The molecule has 134 valence electrons. The van der Waals surface area contributed by atoms with E-state index < -0.39 is 6.04 Å². The lowest BCUT2D eigenvalue weighted by molar-refractivity contribution is -0.118. The number of hydrogen-bond donors (Lipinski definition) is 3. The van der Waals surface area contributed by atoms with Gasteiger partial charge in [0.25, 0.3) is 5.91 Å². The number of anilines is 1. The van der Waals surface area contributed by atoms with Gasteiger partial charge in [-0.25, -0.2) is 0 Å². The van der Waals surface area contributed by atoms with Crippen molar-refractivity contribution in [2.24, 2.45) is 5.92 Å². The van der Waals surface area contributed by atoms with E-state index in [1.165, 1.54) is 0 Å². The summed E-state index contributed by atoms with van der Waals surface area (Å²) in [6, 6.07) is 11.5. The Bertz CT molecular complexity index is 951. The highest BCUT2D eigenvalue weighted by atomic mass is 35.5. The van der Waals surface area contributed by atoms with Gasteiger partial charge in [-0.2, -0.15) is 5.10 Å². The minimum Gasteiger partial charge on any atom is -0.340 e. The van der Waals surface area contributed by atoms with Crippen LogP contribution in [0, 0.1) is 5.92 Å². The van der Waals surface area contributed by atoms with Crippen LogP contribution in [-0.4, -0.2) is 28.1 Å². The normalized spacial score (nSPS) is 12.2. The third-order valence-electron chi connectivity index (χ3n) is 4.06. The van der Waals surface area contributed by atoms with E-state index in [4.69, 9.17) is 11.6 Å². The maximum Gasteiger partial charge on any atom is 0.253 e. The Labute approximate surface area is 155 Å². The summed E-state index contributed by atoms with van der Waals surface area (Å²) in [7, 11) is 0. The van der Waals surface area contributed by atoms with Crippen LogP contribution in [0.1, 0.15) is 24.2 Å². The summed E-state index contributed by atoms with van der Waals surface area (Å²) in [4.78, 5) is 25.2. The molecule has 0 fully saturated rings. The van der Waals surface area contributed by atoms with Gasteiger partial charge in [-0.3, -0.25) is 14.7 Å². The molecule has 0 aliphatic carbocycles. The minimum atomic E-state index is -0.696. The first-order valence-corrected chi connectivity index (χ1v) is 8.63. The van der Waals surface area contributed by atoms with E-state index in [1.807, 2.05) is 26.0 Å². The molecule has 1 atom stereocenters. The molecule has 3 rings (SSSR count). The highest BCUT2D eigenvalue weighted by Crippen LogP contribution is 2.18. The Hall–Kier alpha value is -2.86. The molecule has 6 nitrogen and oxygen atoms in total. The number of nitrogens with zero attached hydrogens (tertiary/aromatic N) is 1. The summed E-state index contributed by atoms with van der Waals surface area (Å²) in [6.07, 6.45) is 1.68. The number of aromatic nitrogens is 2. The lowest BCUT2D eigenvalue weighted by atomic mass is 10.0. The summed E-state index contributed by atoms with van der Waals surface area (Å²) in [5, 5.41) is 13.7. The fourth-order valence-electron chi connectivity index (χ4n) is 2.64. The van der Waals surface area contributed by atoms with E-state index in [9.17, 15) is 9.59 Å². The summed E-state index contributed by atoms with van der Waals surface area (Å²) in [5.74, 6) is -0.767. The largest absolute Gasteiger partial charge is 0.340 e. The lowest BCUT2D eigenvalue weighted by Crippen LogP contribution is -2.47. The zero-order valence-electron chi connectivity index (χ0n) is 14.4.